The monoisotopic (exact) mass is 975 g/mol. The van der Waals surface area contributed by atoms with Gasteiger partial charge in [0.25, 0.3) is 0 Å². The molecule has 0 aliphatic carbocycles. The van der Waals surface area contributed by atoms with Crippen molar-refractivity contribution in [2.24, 2.45) is 0 Å². The van der Waals surface area contributed by atoms with E-state index < -0.39 is 0 Å². The van der Waals surface area contributed by atoms with E-state index in [0.717, 1.165) is 39.0 Å². The van der Waals surface area contributed by atoms with E-state index in [1.807, 2.05) is 24.4 Å². The minimum Gasteiger partial charge on any atom is -0.509 e. The van der Waals surface area contributed by atoms with Gasteiger partial charge in [-0.05, 0) is 93.5 Å². The van der Waals surface area contributed by atoms with Crippen molar-refractivity contribution in [1.82, 2.24) is 9.55 Å². The molecule has 0 N–H and O–H groups in total. The van der Waals surface area contributed by atoms with E-state index in [1.165, 1.54) is 44.9 Å². The number of ether oxygens (including phenoxy) is 1. The molecule has 0 amide bonds. The third kappa shape index (κ3) is 6.05. The standard InChI is InChI=1S/C54H46N5O.Pt/c1-52(2,3)35-25-26-55-50(29-35)58-46-20-11-8-17-40(46)41-24-23-39(33-49(41)58)60-38-16-14-15-36(30-38)56-27-28-57(34-56)37-31-44-51-45(32-37)54(6,7)43-19-10-13-22-48(43)59(51)47-21-12-9-18-42(47)53(44,4)5;/h8-29,31-32,34H,1-7H3;/q-3;. The molecule has 3 aliphatic rings. The summed E-state index contributed by atoms with van der Waals surface area (Å²) in [5.74, 6) is 2.08. The van der Waals surface area contributed by atoms with Crippen LogP contribution < -0.4 is 19.4 Å². The molecule has 0 saturated heterocycles. The second-order valence-corrected chi connectivity index (χ2v) is 18.3. The van der Waals surface area contributed by atoms with Crippen molar-refractivity contribution in [2.45, 2.75) is 64.7 Å². The van der Waals surface area contributed by atoms with E-state index in [2.05, 4.69) is 208 Å². The van der Waals surface area contributed by atoms with Gasteiger partial charge in [-0.2, -0.15) is 12.1 Å². The molecule has 6 nitrogen and oxygen atoms in total. The van der Waals surface area contributed by atoms with Gasteiger partial charge in [0, 0.05) is 60.8 Å². The molecular weight excluding hydrogens is 930 g/mol. The molecule has 8 aromatic rings. The van der Waals surface area contributed by atoms with E-state index in [-0.39, 0.29) is 37.3 Å². The molecule has 3 aliphatic heterocycles. The van der Waals surface area contributed by atoms with Gasteiger partial charge in [-0.25, -0.2) is 4.98 Å². The van der Waals surface area contributed by atoms with Crippen LogP contribution in [0.25, 0.3) is 27.6 Å². The van der Waals surface area contributed by atoms with Crippen LogP contribution in [0.1, 0.15) is 76.3 Å². The van der Waals surface area contributed by atoms with Crippen molar-refractivity contribution in [3.8, 4) is 17.3 Å². The molecule has 2 aromatic heterocycles. The number of rotatable bonds is 5. The zero-order valence-electron chi connectivity index (χ0n) is 35.4. The SMILES string of the molecule is CC(C)(C)c1ccnc(-n2c3[c-]c(Oc4[c-]c(N5C=CN(c6cc7c8c(c6)C(C)(C)c6ccccc6N8c6ccccc6C7(C)C)[CH-]5)ccc4)ccc3c3ccccc32)c1.[Pt]. The second kappa shape index (κ2) is 14.0. The molecule has 0 radical (unpaired) electrons. The molecule has 61 heavy (non-hydrogen) atoms. The Morgan fingerprint density at radius 2 is 1.26 bits per heavy atom. The van der Waals surface area contributed by atoms with Crippen LogP contribution in [-0.4, -0.2) is 9.55 Å². The number of fused-ring (bicyclic) bond motifs is 7. The maximum atomic E-state index is 6.55. The summed E-state index contributed by atoms with van der Waals surface area (Å²) in [5, 5.41) is 2.25. The Bertz CT molecular complexity index is 3000. The maximum absolute atomic E-state index is 6.55. The number of hydrogen-bond acceptors (Lipinski definition) is 5. The van der Waals surface area contributed by atoms with Crippen molar-refractivity contribution in [2.75, 3.05) is 14.7 Å². The first-order chi connectivity index (χ1) is 28.9. The average molecular weight is 976 g/mol. The van der Waals surface area contributed by atoms with Crippen molar-refractivity contribution in [3.05, 3.63) is 193 Å². The van der Waals surface area contributed by atoms with E-state index in [4.69, 9.17) is 9.72 Å². The molecular formula is C54H46N5OPt-3. The fourth-order valence-corrected chi connectivity index (χ4v) is 9.61. The van der Waals surface area contributed by atoms with Gasteiger partial charge in [-0.15, -0.1) is 48.1 Å². The Balaban J connectivity index is 0.00000445. The molecule has 6 aromatic carbocycles. The first-order valence-corrected chi connectivity index (χ1v) is 20.8. The summed E-state index contributed by atoms with van der Waals surface area (Å²) in [6.07, 6.45) is 6.12. The molecule has 11 rings (SSSR count). The summed E-state index contributed by atoms with van der Waals surface area (Å²) in [6.45, 7) is 18.3. The van der Waals surface area contributed by atoms with Gasteiger partial charge in [-0.3, -0.25) is 0 Å². The third-order valence-electron chi connectivity index (χ3n) is 12.9. The van der Waals surface area contributed by atoms with Crippen molar-refractivity contribution in [1.29, 1.82) is 0 Å². The van der Waals surface area contributed by atoms with E-state index in [9.17, 15) is 0 Å². The van der Waals surface area contributed by atoms with Gasteiger partial charge >= 0.3 is 0 Å². The van der Waals surface area contributed by atoms with Crippen LogP contribution in [0.2, 0.25) is 0 Å². The van der Waals surface area contributed by atoms with Gasteiger partial charge in [0.15, 0.2) is 0 Å². The smallest absolute Gasteiger partial charge is 0.135 e. The van der Waals surface area contributed by atoms with Gasteiger partial charge in [0.2, 0.25) is 0 Å². The Morgan fingerprint density at radius 1 is 0.623 bits per heavy atom. The molecule has 7 heteroatoms. The Morgan fingerprint density at radius 3 is 1.97 bits per heavy atom. The van der Waals surface area contributed by atoms with Crippen molar-refractivity contribution in [3.63, 3.8) is 0 Å². The first-order valence-electron chi connectivity index (χ1n) is 20.8. The molecule has 306 valence electrons. The average Bonchev–Trinajstić information content (AvgIpc) is 3.87. The van der Waals surface area contributed by atoms with Crippen LogP contribution in [-0.2, 0) is 37.3 Å². The summed E-state index contributed by atoms with van der Waals surface area (Å²) in [7, 11) is 0. The number of nitrogens with zero attached hydrogens (tertiary/aromatic N) is 5. The number of pyridine rings is 1. The molecule has 0 bridgehead atoms. The van der Waals surface area contributed by atoms with Crippen LogP contribution in [0.15, 0.2) is 146 Å². The van der Waals surface area contributed by atoms with Crippen LogP contribution in [0.5, 0.6) is 11.5 Å². The molecule has 0 saturated carbocycles. The number of para-hydroxylation sites is 3. The number of anilines is 5. The normalized spacial score (nSPS) is 15.7. The molecule has 0 atom stereocenters. The number of aromatic nitrogens is 2. The second-order valence-electron chi connectivity index (χ2n) is 18.3. The topological polar surface area (TPSA) is 36.8 Å². The van der Waals surface area contributed by atoms with Crippen LogP contribution in [0, 0.1) is 18.8 Å². The van der Waals surface area contributed by atoms with Gasteiger partial charge in [0.05, 0.1) is 17.1 Å². The zero-order chi connectivity index (χ0) is 41.1. The van der Waals surface area contributed by atoms with E-state index in [1.54, 1.807) is 0 Å². The summed E-state index contributed by atoms with van der Waals surface area (Å²) < 4.78 is 8.74. The molecule has 0 spiro atoms. The summed E-state index contributed by atoms with van der Waals surface area (Å²) in [6, 6.07) is 52.6. The predicted octanol–water partition coefficient (Wildman–Crippen LogP) is 13.5. The zero-order valence-corrected chi connectivity index (χ0v) is 37.7. The Kier molecular flexibility index (Phi) is 8.95. The summed E-state index contributed by atoms with van der Waals surface area (Å²) in [5.41, 5.74) is 13.9. The van der Waals surface area contributed by atoms with E-state index in [0.29, 0.717) is 11.5 Å². The fraction of sp³-hybridized carbons (Fsp3) is 0.185. The van der Waals surface area contributed by atoms with Gasteiger partial charge < -0.3 is 24.0 Å². The predicted molar refractivity (Wildman–Crippen MR) is 245 cm³/mol. The molecule has 0 fully saturated rings. The van der Waals surface area contributed by atoms with Crippen molar-refractivity contribution < 1.29 is 25.8 Å². The maximum Gasteiger partial charge on any atom is 0.135 e. The molecule has 0 unspecified atom stereocenters. The fourth-order valence-electron chi connectivity index (χ4n) is 9.61. The van der Waals surface area contributed by atoms with Crippen molar-refractivity contribution >= 4 is 50.2 Å². The minimum absolute atomic E-state index is 0. The quantitative estimate of drug-likeness (QED) is 0.161. The van der Waals surface area contributed by atoms with Crippen LogP contribution >= 0.6 is 0 Å². The van der Waals surface area contributed by atoms with Crippen LogP contribution in [0.4, 0.5) is 28.4 Å². The Labute approximate surface area is 373 Å². The minimum atomic E-state index is -0.209. The Hall–Kier alpha value is -6.10. The number of hydrogen-bond donors (Lipinski definition) is 0. The van der Waals surface area contributed by atoms with Gasteiger partial charge in [-0.1, -0.05) is 109 Å². The third-order valence-corrected chi connectivity index (χ3v) is 12.9. The number of benzene rings is 6. The van der Waals surface area contributed by atoms with E-state index >= 15 is 0 Å². The first kappa shape index (κ1) is 39.1. The van der Waals surface area contributed by atoms with Gasteiger partial charge in [0.1, 0.15) is 5.82 Å². The molecule has 5 heterocycles. The summed E-state index contributed by atoms with van der Waals surface area (Å²) in [4.78, 5) is 11.7. The largest absolute Gasteiger partial charge is 0.509 e. The van der Waals surface area contributed by atoms with Crippen LogP contribution in [0.3, 0.4) is 0 Å². The summed E-state index contributed by atoms with van der Waals surface area (Å²) >= 11 is 0.